The van der Waals surface area contributed by atoms with Crippen molar-refractivity contribution in [2.75, 3.05) is 13.6 Å². The third-order valence-electron chi connectivity index (χ3n) is 3.46. The van der Waals surface area contributed by atoms with Gasteiger partial charge in [0, 0.05) is 24.7 Å². The van der Waals surface area contributed by atoms with Crippen LogP contribution in [0, 0.1) is 6.92 Å². The molecule has 1 amide bonds. The number of hydrogen-bond acceptors (Lipinski definition) is 2. The quantitative estimate of drug-likeness (QED) is 0.927. The molecule has 0 aromatic heterocycles. The molecule has 0 bridgehead atoms. The van der Waals surface area contributed by atoms with Gasteiger partial charge in [-0.15, -0.1) is 0 Å². The van der Waals surface area contributed by atoms with Gasteiger partial charge >= 0.3 is 0 Å². The van der Waals surface area contributed by atoms with E-state index in [0.29, 0.717) is 17.7 Å². The second kappa shape index (κ2) is 6.24. The average molecular weight is 269 g/mol. The number of likely N-dealkylation sites (N-methyl/N-ethyl adjacent to an activating group) is 1. The molecule has 3 heteroatoms. The molecule has 2 aromatic rings. The number of carbonyl (C=O) groups is 1. The molecule has 20 heavy (non-hydrogen) atoms. The van der Waals surface area contributed by atoms with Crippen molar-refractivity contribution in [2.24, 2.45) is 0 Å². The van der Waals surface area contributed by atoms with Gasteiger partial charge in [-0.25, -0.2) is 0 Å². The predicted molar refractivity (Wildman–Crippen MR) is 80.0 cm³/mol. The summed E-state index contributed by atoms with van der Waals surface area (Å²) in [5.41, 5.74) is 2.39. The number of carbonyl (C=O) groups excluding carboxylic acids is 1. The van der Waals surface area contributed by atoms with E-state index < -0.39 is 0 Å². The third kappa shape index (κ3) is 3.18. The summed E-state index contributed by atoms with van der Waals surface area (Å²) in [5.74, 6) is 0.0987. The van der Waals surface area contributed by atoms with Crippen LogP contribution in [0.1, 0.15) is 21.5 Å². The summed E-state index contributed by atoms with van der Waals surface area (Å²) in [6.45, 7) is 2.41. The van der Waals surface area contributed by atoms with E-state index in [-0.39, 0.29) is 11.7 Å². The molecule has 0 unspecified atom stereocenters. The molecule has 3 nitrogen and oxygen atoms in total. The molecule has 2 aromatic carbocycles. The molecule has 0 aliphatic heterocycles. The zero-order chi connectivity index (χ0) is 14.5. The lowest BCUT2D eigenvalue weighted by atomic mass is 10.1. The molecule has 0 aliphatic rings. The van der Waals surface area contributed by atoms with E-state index in [9.17, 15) is 9.90 Å². The Morgan fingerprint density at radius 3 is 2.50 bits per heavy atom. The Bertz CT molecular complexity index is 593. The summed E-state index contributed by atoms with van der Waals surface area (Å²) in [7, 11) is 1.79. The first-order valence-electron chi connectivity index (χ1n) is 6.67. The smallest absolute Gasteiger partial charge is 0.254 e. The zero-order valence-corrected chi connectivity index (χ0v) is 11.8. The van der Waals surface area contributed by atoms with E-state index in [1.807, 2.05) is 18.2 Å². The van der Waals surface area contributed by atoms with Crippen molar-refractivity contribution in [2.45, 2.75) is 13.3 Å². The van der Waals surface area contributed by atoms with E-state index >= 15 is 0 Å². The lowest BCUT2D eigenvalue weighted by Crippen LogP contribution is -2.29. The maximum absolute atomic E-state index is 12.4. The predicted octanol–water partition coefficient (Wildman–Crippen LogP) is 3.02. The summed E-state index contributed by atoms with van der Waals surface area (Å²) in [5, 5.41) is 9.67. The van der Waals surface area contributed by atoms with Crippen LogP contribution in [-0.2, 0) is 6.42 Å². The Morgan fingerprint density at radius 1 is 1.10 bits per heavy atom. The number of benzene rings is 2. The minimum atomic E-state index is -0.0608. The Balaban J connectivity index is 2.04. The van der Waals surface area contributed by atoms with E-state index in [1.54, 1.807) is 37.1 Å². The average Bonchev–Trinajstić information content (AvgIpc) is 2.48. The van der Waals surface area contributed by atoms with E-state index in [0.717, 1.165) is 6.42 Å². The van der Waals surface area contributed by atoms with Gasteiger partial charge in [0.05, 0.1) is 0 Å². The lowest BCUT2D eigenvalue weighted by Gasteiger charge is -2.18. The fourth-order valence-corrected chi connectivity index (χ4v) is 2.10. The van der Waals surface area contributed by atoms with Gasteiger partial charge in [0.1, 0.15) is 5.75 Å². The van der Waals surface area contributed by atoms with Crippen LogP contribution in [0.2, 0.25) is 0 Å². The highest BCUT2D eigenvalue weighted by Crippen LogP contribution is 2.20. The molecule has 0 heterocycles. The summed E-state index contributed by atoms with van der Waals surface area (Å²) < 4.78 is 0. The second-order valence-corrected chi connectivity index (χ2v) is 4.91. The van der Waals surface area contributed by atoms with Crippen LogP contribution in [0.3, 0.4) is 0 Å². The maximum atomic E-state index is 12.4. The van der Waals surface area contributed by atoms with Gasteiger partial charge in [-0.3, -0.25) is 4.79 Å². The fraction of sp³-hybridized carbons (Fsp3) is 0.235. The van der Waals surface area contributed by atoms with Gasteiger partial charge in [0.25, 0.3) is 5.91 Å². The van der Waals surface area contributed by atoms with Crippen LogP contribution in [0.25, 0.3) is 0 Å². The Kier molecular flexibility index (Phi) is 4.41. The molecule has 0 fully saturated rings. The molecule has 0 atom stereocenters. The number of amides is 1. The maximum Gasteiger partial charge on any atom is 0.254 e. The molecule has 0 spiro atoms. The highest BCUT2D eigenvalue weighted by molar-refractivity contribution is 5.96. The van der Waals surface area contributed by atoms with Crippen LogP contribution in [0.4, 0.5) is 0 Å². The molecule has 0 aliphatic carbocycles. The third-order valence-corrected chi connectivity index (χ3v) is 3.46. The highest BCUT2D eigenvalue weighted by atomic mass is 16.3. The molecule has 1 N–H and O–H groups in total. The van der Waals surface area contributed by atoms with E-state index in [2.05, 4.69) is 12.1 Å². The van der Waals surface area contributed by atoms with Crippen molar-refractivity contribution < 1.29 is 9.90 Å². The Labute approximate surface area is 119 Å². The van der Waals surface area contributed by atoms with Crippen LogP contribution in [0.5, 0.6) is 5.75 Å². The van der Waals surface area contributed by atoms with Crippen molar-refractivity contribution in [3.05, 3.63) is 65.2 Å². The van der Waals surface area contributed by atoms with Gasteiger partial charge in [-0.2, -0.15) is 0 Å². The second-order valence-electron chi connectivity index (χ2n) is 4.91. The SMILES string of the molecule is Cc1c(O)cccc1C(=O)N(C)CCc1ccccc1. The molecular formula is C17H19NO2. The van der Waals surface area contributed by atoms with Gasteiger partial charge in [-0.05, 0) is 31.0 Å². The number of hydrogen-bond donors (Lipinski definition) is 1. The number of rotatable bonds is 4. The largest absolute Gasteiger partial charge is 0.508 e. The fourth-order valence-electron chi connectivity index (χ4n) is 2.10. The zero-order valence-electron chi connectivity index (χ0n) is 11.8. The molecule has 0 radical (unpaired) electrons. The van der Waals surface area contributed by atoms with Crippen molar-refractivity contribution in [3.63, 3.8) is 0 Å². The lowest BCUT2D eigenvalue weighted by molar-refractivity contribution is 0.0795. The molecule has 0 saturated heterocycles. The summed E-state index contributed by atoms with van der Waals surface area (Å²) >= 11 is 0. The first-order chi connectivity index (χ1) is 9.59. The standard InChI is InChI=1S/C17H19NO2/c1-13-15(9-6-10-16(13)19)17(20)18(2)12-11-14-7-4-3-5-8-14/h3-10,19H,11-12H2,1-2H3. The van der Waals surface area contributed by atoms with Crippen molar-refractivity contribution in [1.82, 2.24) is 4.90 Å². The van der Waals surface area contributed by atoms with Gasteiger partial charge in [-0.1, -0.05) is 36.4 Å². The van der Waals surface area contributed by atoms with Gasteiger partial charge < -0.3 is 10.0 Å². The van der Waals surface area contributed by atoms with Crippen molar-refractivity contribution >= 4 is 5.91 Å². The van der Waals surface area contributed by atoms with Gasteiger partial charge in [0.2, 0.25) is 0 Å². The highest BCUT2D eigenvalue weighted by Gasteiger charge is 2.15. The van der Waals surface area contributed by atoms with E-state index in [4.69, 9.17) is 0 Å². The van der Waals surface area contributed by atoms with Gasteiger partial charge in [0.15, 0.2) is 0 Å². The van der Waals surface area contributed by atoms with Crippen LogP contribution in [0.15, 0.2) is 48.5 Å². The first-order valence-corrected chi connectivity index (χ1v) is 6.67. The number of aromatic hydroxyl groups is 1. The topological polar surface area (TPSA) is 40.5 Å². The molecule has 0 saturated carbocycles. The molecule has 2 rings (SSSR count). The Hall–Kier alpha value is -2.29. The van der Waals surface area contributed by atoms with Crippen molar-refractivity contribution in [3.8, 4) is 5.75 Å². The summed E-state index contributed by atoms with van der Waals surface area (Å²) in [6.07, 6.45) is 0.820. The van der Waals surface area contributed by atoms with Crippen LogP contribution < -0.4 is 0 Å². The van der Waals surface area contributed by atoms with Crippen molar-refractivity contribution in [1.29, 1.82) is 0 Å². The Morgan fingerprint density at radius 2 is 1.80 bits per heavy atom. The summed E-state index contributed by atoms with van der Waals surface area (Å²) in [4.78, 5) is 14.0. The van der Waals surface area contributed by atoms with Crippen LogP contribution in [-0.4, -0.2) is 29.5 Å². The normalized spacial score (nSPS) is 10.3. The summed E-state index contributed by atoms with van der Waals surface area (Å²) in [6, 6.07) is 15.1. The minimum Gasteiger partial charge on any atom is -0.508 e. The number of phenols is 1. The molecular weight excluding hydrogens is 250 g/mol. The van der Waals surface area contributed by atoms with E-state index in [1.165, 1.54) is 5.56 Å². The first kappa shape index (κ1) is 14.1. The number of phenolic OH excluding ortho intramolecular Hbond substituents is 1. The number of nitrogens with zero attached hydrogens (tertiary/aromatic N) is 1. The molecule has 104 valence electrons. The monoisotopic (exact) mass is 269 g/mol. The minimum absolute atomic E-state index is 0.0608. The van der Waals surface area contributed by atoms with Crippen LogP contribution >= 0.6 is 0 Å².